The number of ether oxygens (including phenoxy) is 3. The first-order valence-corrected chi connectivity index (χ1v) is 7.22. The number of esters is 1. The summed E-state index contributed by atoms with van der Waals surface area (Å²) < 4.78 is 16.3. The monoisotopic (exact) mass is 332 g/mol. The topological polar surface area (TPSA) is 105 Å². The number of benzene rings is 2. The molecular formula is C17H16O7. The summed E-state index contributed by atoms with van der Waals surface area (Å²) in [5, 5.41) is 28.7. The van der Waals surface area contributed by atoms with Crippen LogP contribution in [-0.4, -0.2) is 41.1 Å². The Morgan fingerprint density at radius 1 is 1.08 bits per heavy atom. The Hall–Kier alpha value is -2.93. The maximum absolute atomic E-state index is 11.6. The van der Waals surface area contributed by atoms with Crippen LogP contribution in [0.2, 0.25) is 0 Å². The molecule has 0 spiro atoms. The van der Waals surface area contributed by atoms with Gasteiger partial charge in [-0.05, 0) is 30.3 Å². The molecular weight excluding hydrogens is 316 g/mol. The molecule has 0 aliphatic carbocycles. The third kappa shape index (κ3) is 2.81. The molecule has 2 aromatic rings. The number of carbonyl (C=O) groups is 1. The van der Waals surface area contributed by atoms with Crippen LogP contribution >= 0.6 is 0 Å². The summed E-state index contributed by atoms with van der Waals surface area (Å²) >= 11 is 0. The van der Waals surface area contributed by atoms with Crippen LogP contribution in [-0.2, 0) is 4.74 Å². The molecule has 0 saturated carbocycles. The summed E-state index contributed by atoms with van der Waals surface area (Å²) in [4.78, 5) is 11.6. The van der Waals surface area contributed by atoms with Gasteiger partial charge >= 0.3 is 5.97 Å². The molecule has 2 atom stereocenters. The molecule has 1 heterocycles. The summed E-state index contributed by atoms with van der Waals surface area (Å²) in [5.41, 5.74) is 0.813. The zero-order valence-electron chi connectivity index (χ0n) is 12.8. The van der Waals surface area contributed by atoms with E-state index in [9.17, 15) is 20.1 Å². The van der Waals surface area contributed by atoms with Gasteiger partial charge in [-0.2, -0.15) is 0 Å². The first-order chi connectivity index (χ1) is 11.5. The van der Waals surface area contributed by atoms with Crippen LogP contribution in [0.5, 0.6) is 23.0 Å². The summed E-state index contributed by atoms with van der Waals surface area (Å²) in [6.07, 6.45) is -1.42. The fourth-order valence-electron chi connectivity index (χ4n) is 2.51. The number of rotatable bonds is 3. The lowest BCUT2D eigenvalue weighted by atomic mass is 10.0. The van der Waals surface area contributed by atoms with Crippen molar-refractivity contribution in [2.24, 2.45) is 0 Å². The van der Waals surface area contributed by atoms with Crippen molar-refractivity contribution in [3.63, 3.8) is 0 Å². The Kier molecular flexibility index (Phi) is 4.18. The lowest BCUT2D eigenvalue weighted by Crippen LogP contribution is -2.36. The van der Waals surface area contributed by atoms with Gasteiger partial charge in [0.05, 0.1) is 19.3 Å². The first kappa shape index (κ1) is 15.9. The minimum Gasteiger partial charge on any atom is -0.504 e. The summed E-state index contributed by atoms with van der Waals surface area (Å²) in [6.45, 7) is -0.315. The zero-order valence-corrected chi connectivity index (χ0v) is 12.8. The first-order valence-electron chi connectivity index (χ1n) is 7.22. The van der Waals surface area contributed by atoms with Crippen molar-refractivity contribution in [3.05, 3.63) is 47.5 Å². The molecule has 0 bridgehead atoms. The largest absolute Gasteiger partial charge is 0.504 e. The van der Waals surface area contributed by atoms with Gasteiger partial charge in [0.1, 0.15) is 0 Å². The average Bonchev–Trinajstić information content (AvgIpc) is 2.61. The highest BCUT2D eigenvalue weighted by atomic mass is 16.6. The van der Waals surface area contributed by atoms with E-state index in [0.29, 0.717) is 22.6 Å². The van der Waals surface area contributed by atoms with Crippen molar-refractivity contribution in [1.82, 2.24) is 0 Å². The van der Waals surface area contributed by atoms with E-state index in [4.69, 9.17) is 9.47 Å². The normalized spacial score (nSPS) is 18.9. The quantitative estimate of drug-likeness (QED) is 0.581. The predicted octanol–water partition coefficient (Wildman–Crippen LogP) is 1.76. The second-order valence-corrected chi connectivity index (χ2v) is 5.28. The Bertz CT molecular complexity index is 772. The third-order valence-electron chi connectivity index (χ3n) is 3.74. The minimum absolute atomic E-state index is 0.260. The van der Waals surface area contributed by atoms with Crippen molar-refractivity contribution in [1.29, 1.82) is 0 Å². The predicted molar refractivity (Wildman–Crippen MR) is 82.4 cm³/mol. The lowest BCUT2D eigenvalue weighted by Gasteiger charge is -2.33. The molecule has 0 amide bonds. The number of phenolic OH excluding ortho intramolecular Hbond substituents is 2. The van der Waals surface area contributed by atoms with E-state index in [0.717, 1.165) is 0 Å². The van der Waals surface area contributed by atoms with E-state index in [1.807, 2.05) is 0 Å². The van der Waals surface area contributed by atoms with E-state index in [1.54, 1.807) is 12.1 Å². The van der Waals surface area contributed by atoms with Crippen LogP contribution in [0.3, 0.4) is 0 Å². The van der Waals surface area contributed by atoms with E-state index in [-0.39, 0.29) is 18.1 Å². The van der Waals surface area contributed by atoms with Gasteiger partial charge < -0.3 is 29.5 Å². The van der Waals surface area contributed by atoms with E-state index < -0.39 is 18.2 Å². The fraction of sp³-hybridized carbons (Fsp3) is 0.235. The van der Waals surface area contributed by atoms with Gasteiger partial charge in [-0.3, -0.25) is 0 Å². The van der Waals surface area contributed by atoms with Crippen molar-refractivity contribution in [2.75, 3.05) is 13.7 Å². The van der Waals surface area contributed by atoms with Gasteiger partial charge in [-0.25, -0.2) is 4.79 Å². The van der Waals surface area contributed by atoms with Gasteiger partial charge in [-0.1, -0.05) is 6.07 Å². The number of aliphatic hydroxyl groups is 1. The Labute approximate surface area is 137 Å². The van der Waals surface area contributed by atoms with Crippen molar-refractivity contribution >= 4 is 5.97 Å². The molecule has 0 fully saturated rings. The summed E-state index contributed by atoms with van der Waals surface area (Å²) in [6, 6.07) is 8.80. The molecule has 2 aromatic carbocycles. The number of carbonyl (C=O) groups excluding carboxylic acids is 1. The van der Waals surface area contributed by atoms with Gasteiger partial charge in [0, 0.05) is 5.56 Å². The third-order valence-corrected chi connectivity index (χ3v) is 3.74. The maximum atomic E-state index is 11.6. The highest BCUT2D eigenvalue weighted by Gasteiger charge is 2.33. The van der Waals surface area contributed by atoms with Crippen molar-refractivity contribution in [2.45, 2.75) is 12.2 Å². The molecule has 1 aliphatic heterocycles. The van der Waals surface area contributed by atoms with Gasteiger partial charge in [0.15, 0.2) is 35.2 Å². The van der Waals surface area contributed by atoms with Crippen LogP contribution in [0.4, 0.5) is 0 Å². The van der Waals surface area contributed by atoms with Crippen molar-refractivity contribution < 1.29 is 34.3 Å². The minimum atomic E-state index is -0.720. The number of hydrogen-bond acceptors (Lipinski definition) is 7. The molecule has 0 aromatic heterocycles. The number of aromatic hydroxyl groups is 2. The van der Waals surface area contributed by atoms with Crippen LogP contribution < -0.4 is 9.47 Å². The van der Waals surface area contributed by atoms with Crippen molar-refractivity contribution in [3.8, 4) is 23.0 Å². The SMILES string of the molecule is COC(=O)c1ccc2c(c1)O[C@H](c1ccc(O)c(O)c1)[C@@H](CO)O2. The Morgan fingerprint density at radius 3 is 2.54 bits per heavy atom. The molecule has 0 radical (unpaired) electrons. The number of fused-ring (bicyclic) bond motifs is 1. The fourth-order valence-corrected chi connectivity index (χ4v) is 2.51. The number of methoxy groups -OCH3 is 1. The van der Waals surface area contributed by atoms with Crippen LogP contribution in [0.1, 0.15) is 22.0 Å². The highest BCUT2D eigenvalue weighted by Crippen LogP contribution is 2.41. The lowest BCUT2D eigenvalue weighted by molar-refractivity contribution is -0.0125. The zero-order chi connectivity index (χ0) is 17.3. The van der Waals surface area contributed by atoms with E-state index >= 15 is 0 Å². The molecule has 0 saturated heterocycles. The second-order valence-electron chi connectivity index (χ2n) is 5.28. The Balaban J connectivity index is 1.97. The molecule has 7 nitrogen and oxygen atoms in total. The molecule has 7 heteroatoms. The molecule has 3 N–H and O–H groups in total. The molecule has 3 rings (SSSR count). The maximum Gasteiger partial charge on any atom is 0.337 e. The second kappa shape index (κ2) is 6.29. The standard InChI is InChI=1S/C17H16O7/c1-22-17(21)10-3-5-13-14(7-10)24-16(15(8-18)23-13)9-2-4-11(19)12(20)6-9/h2-7,15-16,18-20H,8H2,1H3/t15-,16-/m1/s1. The highest BCUT2D eigenvalue weighted by molar-refractivity contribution is 5.90. The molecule has 24 heavy (non-hydrogen) atoms. The van der Waals surface area contributed by atoms with Crippen LogP contribution in [0, 0.1) is 0 Å². The summed E-state index contributed by atoms with van der Waals surface area (Å²) in [5.74, 6) is -0.364. The Morgan fingerprint density at radius 2 is 1.88 bits per heavy atom. The van der Waals surface area contributed by atoms with Gasteiger partial charge in [0.2, 0.25) is 0 Å². The average molecular weight is 332 g/mol. The van der Waals surface area contributed by atoms with Crippen LogP contribution in [0.25, 0.3) is 0 Å². The number of aliphatic hydroxyl groups excluding tert-OH is 1. The van der Waals surface area contributed by atoms with Crippen LogP contribution in [0.15, 0.2) is 36.4 Å². The smallest absolute Gasteiger partial charge is 0.337 e. The van der Waals surface area contributed by atoms with Gasteiger partial charge in [0.25, 0.3) is 0 Å². The van der Waals surface area contributed by atoms with E-state index in [1.165, 1.54) is 31.4 Å². The summed E-state index contributed by atoms with van der Waals surface area (Å²) in [7, 11) is 1.28. The molecule has 1 aliphatic rings. The van der Waals surface area contributed by atoms with E-state index in [2.05, 4.69) is 4.74 Å². The molecule has 126 valence electrons. The number of hydrogen-bond donors (Lipinski definition) is 3. The van der Waals surface area contributed by atoms with Gasteiger partial charge in [-0.15, -0.1) is 0 Å². The number of phenols is 2. The molecule has 0 unspecified atom stereocenters.